The molecule has 0 rings (SSSR count). The Labute approximate surface area is 86.1 Å². The number of hydrogen-bond acceptors (Lipinski definition) is 2. The van der Waals surface area contributed by atoms with E-state index in [4.69, 9.17) is 10.2 Å². The highest BCUT2D eigenvalue weighted by Crippen LogP contribution is 2.16. The standard InChI is InChI=1S/C11H22O3/c1-2-3-4-5-7-10(11(13)14)8-6-9-12/h10,12H,2-9H2,1H3,(H,13,14). The number of carboxylic acid groups (broad SMARTS) is 1. The molecule has 0 aromatic heterocycles. The Morgan fingerprint density at radius 1 is 1.14 bits per heavy atom. The third-order valence-electron chi connectivity index (χ3n) is 2.47. The summed E-state index contributed by atoms with van der Waals surface area (Å²) in [7, 11) is 0. The van der Waals surface area contributed by atoms with E-state index in [0.717, 1.165) is 19.3 Å². The zero-order chi connectivity index (χ0) is 10.8. The van der Waals surface area contributed by atoms with Crippen molar-refractivity contribution in [3.05, 3.63) is 0 Å². The van der Waals surface area contributed by atoms with Crippen molar-refractivity contribution in [1.82, 2.24) is 0 Å². The second-order valence-corrected chi connectivity index (χ2v) is 3.75. The Bertz CT molecular complexity index is 145. The highest BCUT2D eigenvalue weighted by molar-refractivity contribution is 5.69. The van der Waals surface area contributed by atoms with Gasteiger partial charge in [-0.05, 0) is 19.3 Å². The van der Waals surface area contributed by atoms with Gasteiger partial charge in [-0.3, -0.25) is 4.79 Å². The van der Waals surface area contributed by atoms with Crippen LogP contribution in [0.3, 0.4) is 0 Å². The molecule has 0 fully saturated rings. The number of rotatable bonds is 9. The molecular weight excluding hydrogens is 180 g/mol. The number of aliphatic carboxylic acids is 1. The fraction of sp³-hybridized carbons (Fsp3) is 0.909. The van der Waals surface area contributed by atoms with Crippen LogP contribution in [-0.4, -0.2) is 22.8 Å². The van der Waals surface area contributed by atoms with E-state index < -0.39 is 5.97 Å². The Kier molecular flexibility index (Phi) is 8.64. The van der Waals surface area contributed by atoms with Crippen molar-refractivity contribution in [3.8, 4) is 0 Å². The summed E-state index contributed by atoms with van der Waals surface area (Å²) < 4.78 is 0. The molecule has 3 nitrogen and oxygen atoms in total. The van der Waals surface area contributed by atoms with Crippen LogP contribution in [0.1, 0.15) is 51.9 Å². The first-order valence-electron chi connectivity index (χ1n) is 5.56. The van der Waals surface area contributed by atoms with Gasteiger partial charge in [-0.2, -0.15) is 0 Å². The van der Waals surface area contributed by atoms with E-state index in [1.54, 1.807) is 0 Å². The Morgan fingerprint density at radius 2 is 1.79 bits per heavy atom. The topological polar surface area (TPSA) is 57.5 Å². The van der Waals surface area contributed by atoms with Crippen LogP contribution >= 0.6 is 0 Å². The molecule has 0 radical (unpaired) electrons. The first kappa shape index (κ1) is 13.4. The predicted molar refractivity (Wildman–Crippen MR) is 56.2 cm³/mol. The molecule has 0 saturated carbocycles. The van der Waals surface area contributed by atoms with Gasteiger partial charge >= 0.3 is 5.97 Å². The predicted octanol–water partition coefficient (Wildman–Crippen LogP) is 2.43. The summed E-state index contributed by atoms with van der Waals surface area (Å²) in [6.07, 6.45) is 6.45. The van der Waals surface area contributed by atoms with E-state index >= 15 is 0 Å². The lowest BCUT2D eigenvalue weighted by Gasteiger charge is -2.10. The molecule has 0 aliphatic carbocycles. The molecule has 0 aliphatic heterocycles. The van der Waals surface area contributed by atoms with Crippen LogP contribution in [0.15, 0.2) is 0 Å². The summed E-state index contributed by atoms with van der Waals surface area (Å²) in [6.45, 7) is 2.24. The van der Waals surface area contributed by atoms with Crippen LogP contribution in [0.5, 0.6) is 0 Å². The highest BCUT2D eigenvalue weighted by Gasteiger charge is 2.15. The van der Waals surface area contributed by atoms with Crippen molar-refractivity contribution in [2.45, 2.75) is 51.9 Å². The summed E-state index contributed by atoms with van der Waals surface area (Å²) in [6, 6.07) is 0. The van der Waals surface area contributed by atoms with Crippen molar-refractivity contribution >= 4 is 5.97 Å². The van der Waals surface area contributed by atoms with Crippen LogP contribution in [0, 0.1) is 5.92 Å². The lowest BCUT2D eigenvalue weighted by molar-refractivity contribution is -0.142. The molecule has 0 bridgehead atoms. The Balaban J connectivity index is 3.57. The van der Waals surface area contributed by atoms with E-state index in [0.29, 0.717) is 12.8 Å². The lowest BCUT2D eigenvalue weighted by Crippen LogP contribution is -2.14. The molecule has 0 aliphatic rings. The maximum absolute atomic E-state index is 10.8. The normalized spacial score (nSPS) is 12.7. The van der Waals surface area contributed by atoms with Crippen LogP contribution in [0.4, 0.5) is 0 Å². The lowest BCUT2D eigenvalue weighted by atomic mass is 9.96. The fourth-order valence-electron chi connectivity index (χ4n) is 1.55. The summed E-state index contributed by atoms with van der Waals surface area (Å²) in [5, 5.41) is 17.5. The van der Waals surface area contributed by atoms with E-state index in [9.17, 15) is 4.79 Å². The average molecular weight is 202 g/mol. The SMILES string of the molecule is CCCCCCC(CCCO)C(=O)O. The first-order chi connectivity index (χ1) is 6.72. The molecule has 84 valence electrons. The van der Waals surface area contributed by atoms with Gasteiger partial charge in [-0.15, -0.1) is 0 Å². The zero-order valence-corrected chi connectivity index (χ0v) is 9.04. The van der Waals surface area contributed by atoms with Crippen LogP contribution < -0.4 is 0 Å². The third kappa shape index (κ3) is 6.89. The van der Waals surface area contributed by atoms with Crippen molar-refractivity contribution < 1.29 is 15.0 Å². The van der Waals surface area contributed by atoms with Crippen molar-refractivity contribution in [2.24, 2.45) is 5.92 Å². The molecule has 1 atom stereocenters. The van der Waals surface area contributed by atoms with Gasteiger partial charge in [0.25, 0.3) is 0 Å². The second kappa shape index (κ2) is 9.00. The van der Waals surface area contributed by atoms with Gasteiger partial charge < -0.3 is 10.2 Å². The van der Waals surface area contributed by atoms with Gasteiger partial charge in [0.1, 0.15) is 0 Å². The Morgan fingerprint density at radius 3 is 2.29 bits per heavy atom. The fourth-order valence-corrected chi connectivity index (χ4v) is 1.55. The van der Waals surface area contributed by atoms with Crippen molar-refractivity contribution in [3.63, 3.8) is 0 Å². The van der Waals surface area contributed by atoms with Gasteiger partial charge in [0.05, 0.1) is 5.92 Å². The summed E-state index contributed by atoms with van der Waals surface area (Å²) >= 11 is 0. The minimum absolute atomic E-state index is 0.0960. The van der Waals surface area contributed by atoms with Gasteiger partial charge in [0.15, 0.2) is 0 Å². The van der Waals surface area contributed by atoms with Crippen LogP contribution in [-0.2, 0) is 4.79 Å². The van der Waals surface area contributed by atoms with E-state index in [1.807, 2.05) is 0 Å². The maximum atomic E-state index is 10.8. The molecule has 14 heavy (non-hydrogen) atoms. The van der Waals surface area contributed by atoms with Gasteiger partial charge in [-0.1, -0.05) is 32.6 Å². The molecule has 0 saturated heterocycles. The minimum atomic E-state index is -0.713. The van der Waals surface area contributed by atoms with Gasteiger partial charge in [0.2, 0.25) is 0 Å². The number of unbranched alkanes of at least 4 members (excludes halogenated alkanes) is 3. The smallest absolute Gasteiger partial charge is 0.306 e. The van der Waals surface area contributed by atoms with Gasteiger partial charge in [0, 0.05) is 6.61 Å². The molecular formula is C11H22O3. The monoisotopic (exact) mass is 202 g/mol. The Hall–Kier alpha value is -0.570. The van der Waals surface area contributed by atoms with E-state index in [1.165, 1.54) is 12.8 Å². The quantitative estimate of drug-likeness (QED) is 0.564. The second-order valence-electron chi connectivity index (χ2n) is 3.75. The molecule has 0 aromatic carbocycles. The highest BCUT2D eigenvalue weighted by atomic mass is 16.4. The summed E-state index contributed by atoms with van der Waals surface area (Å²) in [5.41, 5.74) is 0. The third-order valence-corrected chi connectivity index (χ3v) is 2.47. The summed E-state index contributed by atoms with van der Waals surface area (Å²) in [4.78, 5) is 10.8. The number of aliphatic hydroxyl groups excluding tert-OH is 1. The van der Waals surface area contributed by atoms with Crippen molar-refractivity contribution in [2.75, 3.05) is 6.61 Å². The molecule has 0 heterocycles. The first-order valence-corrected chi connectivity index (χ1v) is 5.56. The number of hydrogen-bond donors (Lipinski definition) is 2. The number of carboxylic acids is 1. The van der Waals surface area contributed by atoms with E-state index in [2.05, 4.69) is 6.92 Å². The van der Waals surface area contributed by atoms with E-state index in [-0.39, 0.29) is 12.5 Å². The van der Waals surface area contributed by atoms with Gasteiger partial charge in [-0.25, -0.2) is 0 Å². The van der Waals surface area contributed by atoms with Crippen molar-refractivity contribution in [1.29, 1.82) is 0 Å². The molecule has 2 N–H and O–H groups in total. The molecule has 0 aromatic rings. The summed E-state index contributed by atoms with van der Waals surface area (Å²) in [5.74, 6) is -0.964. The average Bonchev–Trinajstić information content (AvgIpc) is 2.16. The molecule has 1 unspecified atom stereocenters. The largest absolute Gasteiger partial charge is 0.481 e. The van der Waals surface area contributed by atoms with Crippen LogP contribution in [0.25, 0.3) is 0 Å². The zero-order valence-electron chi connectivity index (χ0n) is 9.04. The molecule has 0 spiro atoms. The maximum Gasteiger partial charge on any atom is 0.306 e. The minimum Gasteiger partial charge on any atom is -0.481 e. The van der Waals surface area contributed by atoms with Crippen LogP contribution in [0.2, 0.25) is 0 Å². The molecule has 3 heteroatoms. The number of carbonyl (C=O) groups is 1. The number of aliphatic hydroxyl groups is 1. The molecule has 0 amide bonds.